The molecule has 8 nitrogen and oxygen atoms in total. The van der Waals surface area contributed by atoms with Gasteiger partial charge in [-0.25, -0.2) is 0 Å². The van der Waals surface area contributed by atoms with Gasteiger partial charge in [-0.05, 0) is 54.2 Å². The third-order valence-corrected chi connectivity index (χ3v) is 5.93. The largest absolute Gasteiger partial charge is 0.455 e. The molecule has 0 aliphatic carbocycles. The van der Waals surface area contributed by atoms with Crippen molar-refractivity contribution < 1.29 is 23.9 Å². The summed E-state index contributed by atoms with van der Waals surface area (Å²) < 4.78 is 5.12. The van der Waals surface area contributed by atoms with Crippen LogP contribution in [0.25, 0.3) is 0 Å². The Balaban J connectivity index is 1.50. The summed E-state index contributed by atoms with van der Waals surface area (Å²) in [5.74, 6) is -2.70. The van der Waals surface area contributed by atoms with Gasteiger partial charge in [0.25, 0.3) is 11.8 Å². The van der Waals surface area contributed by atoms with Crippen molar-refractivity contribution in [3.8, 4) is 0 Å². The maximum atomic E-state index is 12.5. The number of nitrogens with zero attached hydrogens (tertiary/aromatic N) is 1. The van der Waals surface area contributed by atoms with Crippen LogP contribution in [0, 0.1) is 19.8 Å². The molecular weight excluding hydrogens is 434 g/mol. The van der Waals surface area contributed by atoms with Crippen LogP contribution >= 0.6 is 0 Å². The molecule has 2 N–H and O–H groups in total. The van der Waals surface area contributed by atoms with Crippen molar-refractivity contribution in [1.82, 2.24) is 10.4 Å². The third kappa shape index (κ3) is 6.01. The van der Waals surface area contributed by atoms with Gasteiger partial charge < -0.3 is 10.1 Å². The van der Waals surface area contributed by atoms with Gasteiger partial charge in [-0.15, -0.1) is 0 Å². The minimum atomic E-state index is -0.760. The fourth-order valence-corrected chi connectivity index (χ4v) is 3.61. The number of amides is 3. The molecule has 1 aliphatic heterocycles. The van der Waals surface area contributed by atoms with E-state index in [-0.39, 0.29) is 24.3 Å². The van der Waals surface area contributed by atoms with E-state index in [2.05, 4.69) is 31.5 Å². The monoisotopic (exact) mass is 465 g/mol. The first-order chi connectivity index (χ1) is 16.0. The number of carbonyl (C=O) groups is 4. The van der Waals surface area contributed by atoms with Crippen molar-refractivity contribution in [3.05, 3.63) is 64.7 Å². The van der Waals surface area contributed by atoms with Gasteiger partial charge in [0.1, 0.15) is 0 Å². The summed E-state index contributed by atoms with van der Waals surface area (Å²) in [6.45, 7) is 9.61. The molecule has 1 saturated heterocycles. The van der Waals surface area contributed by atoms with Crippen molar-refractivity contribution in [2.45, 2.75) is 46.5 Å². The van der Waals surface area contributed by atoms with Crippen molar-refractivity contribution in [2.24, 2.45) is 5.92 Å². The van der Waals surface area contributed by atoms with Gasteiger partial charge in [0.05, 0.1) is 12.5 Å². The zero-order chi connectivity index (χ0) is 25.0. The third-order valence-electron chi connectivity index (χ3n) is 5.93. The first-order valence-corrected chi connectivity index (χ1v) is 11.2. The van der Waals surface area contributed by atoms with E-state index >= 15 is 0 Å². The number of ether oxygens (including phenoxy) is 1. The Morgan fingerprint density at radius 2 is 1.74 bits per heavy atom. The maximum Gasteiger partial charge on any atom is 0.311 e. The second-order valence-corrected chi connectivity index (χ2v) is 9.58. The molecule has 1 heterocycles. The molecule has 2 aromatic rings. The van der Waals surface area contributed by atoms with Crippen LogP contribution in [-0.4, -0.2) is 41.9 Å². The van der Waals surface area contributed by atoms with Crippen LogP contribution in [0.5, 0.6) is 0 Å². The van der Waals surface area contributed by atoms with E-state index in [0.29, 0.717) is 11.3 Å². The lowest BCUT2D eigenvalue weighted by atomic mass is 9.87. The lowest BCUT2D eigenvalue weighted by molar-refractivity contribution is -0.151. The summed E-state index contributed by atoms with van der Waals surface area (Å²) in [6.07, 6.45) is -0.0965. The van der Waals surface area contributed by atoms with E-state index in [1.165, 1.54) is 0 Å². The van der Waals surface area contributed by atoms with Gasteiger partial charge in [-0.3, -0.25) is 29.6 Å². The molecule has 8 heteroatoms. The van der Waals surface area contributed by atoms with Crippen molar-refractivity contribution in [2.75, 3.05) is 18.5 Å². The Morgan fingerprint density at radius 3 is 2.38 bits per heavy atom. The highest BCUT2D eigenvalue weighted by Crippen LogP contribution is 2.23. The van der Waals surface area contributed by atoms with Crippen molar-refractivity contribution in [1.29, 1.82) is 0 Å². The van der Waals surface area contributed by atoms with Crippen LogP contribution in [0.4, 0.5) is 5.69 Å². The minimum Gasteiger partial charge on any atom is -0.455 e. The number of hydrazine groups is 1. The maximum absolute atomic E-state index is 12.5. The highest BCUT2D eigenvalue weighted by molar-refractivity contribution is 5.97. The molecular formula is C26H31N3O5. The number of nitrogens with one attached hydrogen (secondary N) is 2. The van der Waals surface area contributed by atoms with E-state index < -0.39 is 30.3 Å². The quantitative estimate of drug-likeness (QED) is 0.637. The fraction of sp³-hybridized carbons (Fsp3) is 0.385. The molecule has 0 saturated carbocycles. The number of carbonyl (C=O) groups excluding carboxylic acids is 4. The zero-order valence-corrected chi connectivity index (χ0v) is 20.2. The van der Waals surface area contributed by atoms with Crippen LogP contribution in [-0.2, 0) is 24.5 Å². The van der Waals surface area contributed by atoms with E-state index in [0.717, 1.165) is 21.7 Å². The number of aryl methyl sites for hydroxylation is 1. The average Bonchev–Trinajstić information content (AvgIpc) is 3.15. The van der Waals surface area contributed by atoms with Gasteiger partial charge in [0.15, 0.2) is 6.61 Å². The molecule has 3 rings (SSSR count). The number of rotatable bonds is 6. The topological polar surface area (TPSA) is 105 Å². The summed E-state index contributed by atoms with van der Waals surface area (Å²) in [4.78, 5) is 49.5. The Hall–Kier alpha value is -3.68. The summed E-state index contributed by atoms with van der Waals surface area (Å²) in [6, 6.07) is 12.7. The van der Waals surface area contributed by atoms with E-state index in [4.69, 9.17) is 4.74 Å². The molecule has 0 aromatic heterocycles. The molecule has 180 valence electrons. The molecule has 34 heavy (non-hydrogen) atoms. The van der Waals surface area contributed by atoms with Crippen LogP contribution in [0.1, 0.15) is 54.2 Å². The molecule has 1 atom stereocenters. The lowest BCUT2D eigenvalue weighted by Crippen LogP contribution is -2.43. The molecule has 0 unspecified atom stereocenters. The zero-order valence-electron chi connectivity index (χ0n) is 20.2. The summed E-state index contributed by atoms with van der Waals surface area (Å²) in [5, 5.41) is 3.85. The van der Waals surface area contributed by atoms with Gasteiger partial charge in [0, 0.05) is 17.7 Å². The Bertz CT molecular complexity index is 1100. The SMILES string of the molecule is Cc1cccc(NC(=O)COC(=O)[C@H]2CC(=O)N(NC(=O)c3ccc(C(C)(C)C)cc3)C2)c1C. The normalized spacial score (nSPS) is 15.7. The molecule has 2 aromatic carbocycles. The predicted molar refractivity (Wildman–Crippen MR) is 128 cm³/mol. The Morgan fingerprint density at radius 1 is 1.06 bits per heavy atom. The molecule has 1 aliphatic rings. The smallest absolute Gasteiger partial charge is 0.311 e. The lowest BCUT2D eigenvalue weighted by Gasteiger charge is -2.20. The van der Waals surface area contributed by atoms with E-state index in [1.807, 2.05) is 38.1 Å². The fourth-order valence-electron chi connectivity index (χ4n) is 3.61. The van der Waals surface area contributed by atoms with E-state index in [1.54, 1.807) is 18.2 Å². The predicted octanol–water partition coefficient (Wildman–Crippen LogP) is 3.28. The number of hydrogen-bond acceptors (Lipinski definition) is 5. The van der Waals surface area contributed by atoms with Gasteiger partial charge in [0.2, 0.25) is 5.91 Å². The summed E-state index contributed by atoms with van der Waals surface area (Å²) in [7, 11) is 0. The van der Waals surface area contributed by atoms with Gasteiger partial charge >= 0.3 is 5.97 Å². The van der Waals surface area contributed by atoms with Crippen LogP contribution in [0.3, 0.4) is 0 Å². The molecule has 0 bridgehead atoms. The number of hydrogen-bond donors (Lipinski definition) is 2. The highest BCUT2D eigenvalue weighted by atomic mass is 16.5. The van der Waals surface area contributed by atoms with Crippen molar-refractivity contribution in [3.63, 3.8) is 0 Å². The van der Waals surface area contributed by atoms with Gasteiger partial charge in [-0.2, -0.15) is 0 Å². The summed E-state index contributed by atoms with van der Waals surface area (Å²) in [5.41, 5.74) is 6.64. The molecule has 0 radical (unpaired) electrons. The second-order valence-electron chi connectivity index (χ2n) is 9.58. The molecule has 3 amide bonds. The molecule has 0 spiro atoms. The first kappa shape index (κ1) is 25.0. The standard InChI is InChI=1S/C26H31N3O5/c1-16-7-6-8-21(17(16)2)27-22(30)15-34-25(33)19-13-23(31)29(14-19)28-24(32)18-9-11-20(12-10-18)26(3,4)5/h6-12,19H,13-15H2,1-5H3,(H,27,30)(H,28,32)/t19-/m0/s1. The highest BCUT2D eigenvalue weighted by Gasteiger charge is 2.36. The average molecular weight is 466 g/mol. The number of benzene rings is 2. The second kappa shape index (κ2) is 10.1. The van der Waals surface area contributed by atoms with E-state index in [9.17, 15) is 19.2 Å². The molecule has 1 fully saturated rings. The minimum absolute atomic E-state index is 0.0118. The van der Waals surface area contributed by atoms with Crippen molar-refractivity contribution >= 4 is 29.4 Å². The van der Waals surface area contributed by atoms with Crippen LogP contribution < -0.4 is 10.7 Å². The number of esters is 1. The summed E-state index contributed by atoms with van der Waals surface area (Å²) >= 11 is 0. The Labute approximate surface area is 199 Å². The Kier molecular flexibility index (Phi) is 7.39. The number of anilines is 1. The van der Waals surface area contributed by atoms with Crippen LogP contribution in [0.2, 0.25) is 0 Å². The first-order valence-electron chi connectivity index (χ1n) is 11.2. The van der Waals surface area contributed by atoms with Gasteiger partial charge in [-0.1, -0.05) is 45.0 Å². The van der Waals surface area contributed by atoms with Crippen LogP contribution in [0.15, 0.2) is 42.5 Å².